The fraction of sp³-hybridized carbons (Fsp3) is 0.476. The van der Waals surface area contributed by atoms with Gasteiger partial charge < -0.3 is 13.8 Å². The summed E-state index contributed by atoms with van der Waals surface area (Å²) in [6.45, 7) is 6.21. The van der Waals surface area contributed by atoms with Crippen molar-refractivity contribution in [2.24, 2.45) is 0 Å². The molecule has 0 saturated carbocycles. The number of hydrogen-bond acceptors (Lipinski definition) is 5. The molecule has 2 aromatic heterocycles. The molecule has 0 N–H and O–H groups in total. The van der Waals surface area contributed by atoms with Gasteiger partial charge in [0.05, 0.1) is 5.69 Å². The van der Waals surface area contributed by atoms with Crippen molar-refractivity contribution in [3.63, 3.8) is 0 Å². The van der Waals surface area contributed by atoms with E-state index in [9.17, 15) is 9.59 Å². The van der Waals surface area contributed by atoms with Gasteiger partial charge >= 0.3 is 5.97 Å². The van der Waals surface area contributed by atoms with Gasteiger partial charge in [-0.2, -0.15) is 0 Å². The van der Waals surface area contributed by atoms with Crippen molar-refractivity contribution in [2.45, 2.75) is 59.4 Å². The van der Waals surface area contributed by atoms with E-state index in [1.165, 1.54) is 37.3 Å². The minimum atomic E-state index is -0.679. The normalized spacial score (nSPS) is 14.1. The van der Waals surface area contributed by atoms with Crippen molar-refractivity contribution in [1.29, 1.82) is 0 Å². The minimum Gasteiger partial charge on any atom is -0.451 e. The first-order valence-corrected chi connectivity index (χ1v) is 9.44. The van der Waals surface area contributed by atoms with Crippen LogP contribution in [-0.4, -0.2) is 28.1 Å². The third-order valence-corrected chi connectivity index (χ3v) is 5.08. The summed E-state index contributed by atoms with van der Waals surface area (Å²) >= 11 is 0. The highest BCUT2D eigenvalue weighted by atomic mass is 16.6. The second-order valence-electron chi connectivity index (χ2n) is 7.13. The zero-order valence-electron chi connectivity index (χ0n) is 16.2. The van der Waals surface area contributed by atoms with Crippen LogP contribution in [-0.2, 0) is 11.3 Å². The van der Waals surface area contributed by atoms with Crippen LogP contribution in [0.2, 0.25) is 0 Å². The predicted octanol–water partition coefficient (Wildman–Crippen LogP) is 4.33. The highest BCUT2D eigenvalue weighted by Gasteiger charge is 2.19. The van der Waals surface area contributed by atoms with Crippen LogP contribution in [0.5, 0.6) is 0 Å². The zero-order valence-corrected chi connectivity index (χ0v) is 16.2. The maximum absolute atomic E-state index is 12.5. The number of Topliss-reactive ketones (excluding diaryl/α,β-unsaturated/α-hetero) is 1. The number of carbonyl (C=O) groups excluding carboxylic acids is 2. The summed E-state index contributed by atoms with van der Waals surface area (Å²) in [6, 6.07) is 3.36. The molecule has 1 aliphatic rings. The molecule has 3 rings (SSSR count). The zero-order chi connectivity index (χ0) is 19.4. The van der Waals surface area contributed by atoms with Gasteiger partial charge in [0, 0.05) is 29.6 Å². The number of ketones is 1. The maximum atomic E-state index is 12.5. The molecule has 0 amide bonds. The summed E-state index contributed by atoms with van der Waals surface area (Å²) in [5, 5.41) is 3.64. The van der Waals surface area contributed by atoms with Gasteiger partial charge in [0.2, 0.25) is 11.5 Å². The van der Waals surface area contributed by atoms with Crippen LogP contribution >= 0.6 is 0 Å². The fourth-order valence-electron chi connectivity index (χ4n) is 3.55. The van der Waals surface area contributed by atoms with Crippen LogP contribution in [0.3, 0.4) is 0 Å². The third-order valence-electron chi connectivity index (χ3n) is 5.08. The third kappa shape index (κ3) is 4.56. The Labute approximate surface area is 159 Å². The summed E-state index contributed by atoms with van der Waals surface area (Å²) in [4.78, 5) is 24.4. The molecule has 27 heavy (non-hydrogen) atoms. The molecule has 0 bridgehead atoms. The lowest BCUT2D eigenvalue weighted by atomic mass is 9.97. The Balaban J connectivity index is 1.61. The Hall–Kier alpha value is -2.63. The maximum Gasteiger partial charge on any atom is 0.377 e. The highest BCUT2D eigenvalue weighted by molar-refractivity contribution is 6.00. The molecule has 0 radical (unpaired) electrons. The predicted molar refractivity (Wildman–Crippen MR) is 101 cm³/mol. The largest absolute Gasteiger partial charge is 0.451 e. The summed E-state index contributed by atoms with van der Waals surface area (Å²) < 4.78 is 12.1. The van der Waals surface area contributed by atoms with E-state index >= 15 is 0 Å². The molecule has 0 spiro atoms. The van der Waals surface area contributed by atoms with Crippen molar-refractivity contribution in [2.75, 3.05) is 6.61 Å². The van der Waals surface area contributed by atoms with Gasteiger partial charge in [-0.25, -0.2) is 4.79 Å². The molecular formula is C21H26N2O4. The molecule has 144 valence electrons. The van der Waals surface area contributed by atoms with Crippen molar-refractivity contribution in [1.82, 2.24) is 9.72 Å². The summed E-state index contributed by atoms with van der Waals surface area (Å²) in [7, 11) is 0. The van der Waals surface area contributed by atoms with Crippen molar-refractivity contribution in [3.05, 3.63) is 52.2 Å². The molecule has 0 aliphatic heterocycles. The van der Waals surface area contributed by atoms with E-state index in [1.807, 2.05) is 19.9 Å². The molecule has 2 heterocycles. The van der Waals surface area contributed by atoms with E-state index in [0.29, 0.717) is 11.3 Å². The number of aryl methyl sites for hydroxylation is 2. The van der Waals surface area contributed by atoms with Crippen LogP contribution in [0.15, 0.2) is 28.3 Å². The Morgan fingerprint density at radius 1 is 1.22 bits per heavy atom. The van der Waals surface area contributed by atoms with Gasteiger partial charge in [-0.15, -0.1) is 0 Å². The minimum absolute atomic E-state index is 0.00605. The molecule has 0 aromatic carbocycles. The summed E-state index contributed by atoms with van der Waals surface area (Å²) in [6.07, 6.45) is 8.30. The van der Waals surface area contributed by atoms with Gasteiger partial charge in [0.15, 0.2) is 6.61 Å². The van der Waals surface area contributed by atoms with E-state index in [4.69, 9.17) is 9.26 Å². The van der Waals surface area contributed by atoms with Crippen LogP contribution in [0, 0.1) is 20.8 Å². The van der Waals surface area contributed by atoms with Gasteiger partial charge in [0.25, 0.3) is 0 Å². The number of ether oxygens (including phenoxy) is 1. The summed E-state index contributed by atoms with van der Waals surface area (Å²) in [5.74, 6) is -0.885. The second kappa shape index (κ2) is 8.37. The van der Waals surface area contributed by atoms with Gasteiger partial charge in [-0.1, -0.05) is 16.8 Å². The van der Waals surface area contributed by atoms with E-state index in [0.717, 1.165) is 24.4 Å². The van der Waals surface area contributed by atoms with Crippen LogP contribution in [0.1, 0.15) is 70.1 Å². The number of hydrogen-bond donors (Lipinski definition) is 0. The molecule has 6 heteroatoms. The lowest BCUT2D eigenvalue weighted by Crippen LogP contribution is -2.15. The Bertz CT molecular complexity index is 873. The molecule has 2 aromatic rings. The van der Waals surface area contributed by atoms with E-state index < -0.39 is 5.97 Å². The number of carbonyl (C=O) groups is 2. The molecular weight excluding hydrogens is 344 g/mol. The highest BCUT2D eigenvalue weighted by Crippen LogP contribution is 2.23. The lowest BCUT2D eigenvalue weighted by Gasteiger charge is -2.15. The molecule has 0 atom stereocenters. The number of aromatic nitrogens is 2. The molecule has 6 nitrogen and oxygen atoms in total. The topological polar surface area (TPSA) is 74.3 Å². The average Bonchev–Trinajstić information content (AvgIpc) is 3.22. The van der Waals surface area contributed by atoms with Crippen LogP contribution in [0.4, 0.5) is 0 Å². The number of nitrogens with zero attached hydrogens (tertiary/aromatic N) is 2. The van der Waals surface area contributed by atoms with Gasteiger partial charge in [-0.3, -0.25) is 4.79 Å². The Morgan fingerprint density at radius 2 is 2.04 bits per heavy atom. The number of rotatable bonds is 7. The Kier molecular flexibility index (Phi) is 5.94. The number of allylic oxidation sites excluding steroid dienone is 2. The first kappa shape index (κ1) is 19.1. The van der Waals surface area contributed by atoms with Crippen molar-refractivity contribution < 1.29 is 18.8 Å². The van der Waals surface area contributed by atoms with Crippen molar-refractivity contribution >= 4 is 11.8 Å². The molecule has 0 saturated heterocycles. The number of esters is 1. The quantitative estimate of drug-likeness (QED) is 0.412. The van der Waals surface area contributed by atoms with E-state index in [2.05, 4.69) is 15.8 Å². The molecule has 0 unspecified atom stereocenters. The monoisotopic (exact) mass is 370 g/mol. The van der Waals surface area contributed by atoms with Crippen LogP contribution in [0.25, 0.3) is 0 Å². The van der Waals surface area contributed by atoms with Crippen molar-refractivity contribution in [3.8, 4) is 0 Å². The van der Waals surface area contributed by atoms with E-state index in [-0.39, 0.29) is 18.2 Å². The average molecular weight is 370 g/mol. The van der Waals surface area contributed by atoms with Gasteiger partial charge in [-0.05, 0) is 58.9 Å². The standard InChI is InChI=1S/C21H26N2O4/c1-14-11-20(27-22-14)21(25)26-13-19(24)18-12-15(2)23(16(18)3)10-9-17-7-5-4-6-8-17/h7,11-12H,4-6,8-10,13H2,1-3H3. The molecule has 0 fully saturated rings. The second-order valence-corrected chi connectivity index (χ2v) is 7.13. The fourth-order valence-corrected chi connectivity index (χ4v) is 3.55. The van der Waals surface area contributed by atoms with Gasteiger partial charge in [0.1, 0.15) is 0 Å². The smallest absolute Gasteiger partial charge is 0.377 e. The van der Waals surface area contributed by atoms with Crippen LogP contribution < -0.4 is 0 Å². The van der Waals surface area contributed by atoms with E-state index in [1.54, 1.807) is 6.92 Å². The first-order chi connectivity index (χ1) is 13.0. The summed E-state index contributed by atoms with van der Waals surface area (Å²) in [5.41, 5.74) is 4.67. The SMILES string of the molecule is Cc1cc(C(=O)OCC(=O)c2cc(C)n(CCC3=CCCCC3)c2C)on1. The Morgan fingerprint density at radius 3 is 2.70 bits per heavy atom. The first-order valence-electron chi connectivity index (χ1n) is 9.44. The lowest BCUT2D eigenvalue weighted by molar-refractivity contribution is 0.0435. The molecule has 1 aliphatic carbocycles.